The topological polar surface area (TPSA) is 58.2 Å². The lowest BCUT2D eigenvalue weighted by Crippen LogP contribution is -2.21. The molecule has 0 bridgehead atoms. The molecule has 2 N–H and O–H groups in total. The van der Waals surface area contributed by atoms with E-state index in [1.807, 2.05) is 0 Å². The molecule has 2 rings (SSSR count). The van der Waals surface area contributed by atoms with Crippen LogP contribution in [0.5, 0.6) is 0 Å². The number of hydrogen-bond donors (Lipinski definition) is 2. The summed E-state index contributed by atoms with van der Waals surface area (Å²) in [4.78, 5) is 23.1. The molecule has 1 aliphatic heterocycles. The zero-order valence-corrected chi connectivity index (χ0v) is 10.1. The van der Waals surface area contributed by atoms with E-state index < -0.39 is 5.91 Å². The number of rotatable bonds is 2. The summed E-state index contributed by atoms with van der Waals surface area (Å²) in [6.45, 7) is 0. The van der Waals surface area contributed by atoms with Crippen molar-refractivity contribution in [3.63, 3.8) is 0 Å². The van der Waals surface area contributed by atoms with Gasteiger partial charge in [-0.25, -0.2) is 0 Å². The van der Waals surface area contributed by atoms with Gasteiger partial charge in [-0.15, -0.1) is 0 Å². The molecule has 1 heterocycles. The van der Waals surface area contributed by atoms with Crippen molar-refractivity contribution in [1.82, 2.24) is 10.6 Å². The molecule has 0 aliphatic carbocycles. The Labute approximate surface area is 108 Å². The third-order valence-electron chi connectivity index (χ3n) is 2.12. The van der Waals surface area contributed by atoms with E-state index in [4.69, 9.17) is 23.8 Å². The third kappa shape index (κ3) is 2.69. The number of nitrogens with one attached hydrogen (secondary N) is 2. The van der Waals surface area contributed by atoms with E-state index in [0.29, 0.717) is 10.6 Å². The lowest BCUT2D eigenvalue weighted by molar-refractivity contribution is -0.115. The highest BCUT2D eigenvalue weighted by atomic mass is 35.5. The van der Waals surface area contributed by atoms with Crippen molar-refractivity contribution in [3.05, 3.63) is 46.6 Å². The maximum absolute atomic E-state index is 11.8. The number of benzene rings is 1. The molecule has 1 aromatic rings. The summed E-state index contributed by atoms with van der Waals surface area (Å²) in [5, 5.41) is 5.72. The van der Waals surface area contributed by atoms with E-state index in [9.17, 15) is 9.59 Å². The first-order valence-electron chi connectivity index (χ1n) is 4.70. The summed E-state index contributed by atoms with van der Waals surface area (Å²) >= 11 is 10.5. The van der Waals surface area contributed by atoms with E-state index in [1.165, 1.54) is 6.08 Å². The number of hydrogen-bond acceptors (Lipinski definition) is 3. The summed E-state index contributed by atoms with van der Waals surface area (Å²) in [6, 6.07) is 6.40. The minimum atomic E-state index is -0.405. The fraction of sp³-hybridized carbons (Fsp3) is 0. The molecule has 1 aliphatic rings. The second-order valence-corrected chi connectivity index (χ2v) is 4.18. The van der Waals surface area contributed by atoms with Crippen molar-refractivity contribution in [3.8, 4) is 0 Å². The Hall–Kier alpha value is -1.72. The zero-order chi connectivity index (χ0) is 12.4. The predicted molar refractivity (Wildman–Crippen MR) is 67.7 cm³/mol. The number of amides is 1. The van der Waals surface area contributed by atoms with Gasteiger partial charge >= 0.3 is 0 Å². The average Bonchev–Trinajstić information content (AvgIpc) is 2.58. The fourth-order valence-corrected chi connectivity index (χ4v) is 1.64. The normalized spacial score (nSPS) is 16.9. The SMILES string of the molecule is O=C1NC(=S)N/C1=C\C(=O)c1ccc(Cl)cc1. The van der Waals surface area contributed by atoms with Crippen LogP contribution in [0.3, 0.4) is 0 Å². The van der Waals surface area contributed by atoms with Gasteiger partial charge in [0, 0.05) is 16.7 Å². The Kier molecular flexibility index (Phi) is 3.21. The molecular weight excluding hydrogens is 260 g/mol. The summed E-state index contributed by atoms with van der Waals surface area (Å²) < 4.78 is 0. The van der Waals surface area contributed by atoms with Gasteiger partial charge in [-0.2, -0.15) is 0 Å². The van der Waals surface area contributed by atoms with Gasteiger partial charge in [-0.1, -0.05) is 11.6 Å². The van der Waals surface area contributed by atoms with Gasteiger partial charge in [-0.05, 0) is 36.5 Å². The van der Waals surface area contributed by atoms with Crippen LogP contribution in [-0.4, -0.2) is 16.8 Å². The molecule has 4 nitrogen and oxygen atoms in total. The Morgan fingerprint density at radius 3 is 2.41 bits per heavy atom. The summed E-state index contributed by atoms with van der Waals surface area (Å²) in [7, 11) is 0. The van der Waals surface area contributed by atoms with Crippen LogP contribution < -0.4 is 10.6 Å². The number of carbonyl (C=O) groups is 2. The van der Waals surface area contributed by atoms with Gasteiger partial charge in [0.05, 0.1) is 0 Å². The molecule has 1 saturated heterocycles. The molecule has 0 unspecified atom stereocenters. The number of carbonyl (C=O) groups excluding carboxylic acids is 2. The molecule has 1 aromatic carbocycles. The maximum atomic E-state index is 11.8. The Morgan fingerprint density at radius 2 is 1.88 bits per heavy atom. The van der Waals surface area contributed by atoms with Crippen LogP contribution in [0, 0.1) is 0 Å². The monoisotopic (exact) mass is 266 g/mol. The first-order chi connectivity index (χ1) is 8.06. The molecule has 86 valence electrons. The highest BCUT2D eigenvalue weighted by Crippen LogP contribution is 2.11. The molecule has 6 heteroatoms. The lowest BCUT2D eigenvalue weighted by Gasteiger charge is -1.97. The molecule has 0 radical (unpaired) electrons. The van der Waals surface area contributed by atoms with Crippen LogP contribution in [0.15, 0.2) is 36.0 Å². The van der Waals surface area contributed by atoms with Crippen molar-refractivity contribution < 1.29 is 9.59 Å². The summed E-state index contributed by atoms with van der Waals surface area (Å²) in [6.07, 6.45) is 1.21. The van der Waals surface area contributed by atoms with Gasteiger partial charge in [-0.3, -0.25) is 14.9 Å². The van der Waals surface area contributed by atoms with Gasteiger partial charge < -0.3 is 5.32 Å². The van der Waals surface area contributed by atoms with E-state index >= 15 is 0 Å². The van der Waals surface area contributed by atoms with Gasteiger partial charge in [0.2, 0.25) is 0 Å². The molecular formula is C11H7ClN2O2S. The van der Waals surface area contributed by atoms with E-state index in [2.05, 4.69) is 10.6 Å². The second kappa shape index (κ2) is 4.65. The van der Waals surface area contributed by atoms with Crippen molar-refractivity contribution in [2.24, 2.45) is 0 Å². The van der Waals surface area contributed by atoms with E-state index in [-0.39, 0.29) is 16.6 Å². The minimum Gasteiger partial charge on any atom is -0.328 e. The van der Waals surface area contributed by atoms with E-state index in [1.54, 1.807) is 24.3 Å². The lowest BCUT2D eigenvalue weighted by atomic mass is 10.1. The minimum absolute atomic E-state index is 0.148. The number of allylic oxidation sites excluding steroid dienone is 1. The van der Waals surface area contributed by atoms with Crippen LogP contribution in [0.25, 0.3) is 0 Å². The molecule has 0 spiro atoms. The van der Waals surface area contributed by atoms with Crippen molar-refractivity contribution in [2.45, 2.75) is 0 Å². The third-order valence-corrected chi connectivity index (χ3v) is 2.58. The first kappa shape index (κ1) is 11.8. The molecule has 17 heavy (non-hydrogen) atoms. The second-order valence-electron chi connectivity index (χ2n) is 3.34. The molecule has 0 aromatic heterocycles. The summed E-state index contributed by atoms with van der Waals surface area (Å²) in [5.74, 6) is -0.693. The fourth-order valence-electron chi connectivity index (χ4n) is 1.31. The average molecular weight is 267 g/mol. The first-order valence-corrected chi connectivity index (χ1v) is 5.49. The highest BCUT2D eigenvalue weighted by molar-refractivity contribution is 7.80. The van der Waals surface area contributed by atoms with E-state index in [0.717, 1.165) is 0 Å². The van der Waals surface area contributed by atoms with Crippen molar-refractivity contribution in [2.75, 3.05) is 0 Å². The van der Waals surface area contributed by atoms with Crippen molar-refractivity contribution in [1.29, 1.82) is 0 Å². The highest BCUT2D eigenvalue weighted by Gasteiger charge is 2.21. The molecule has 0 saturated carbocycles. The standard InChI is InChI=1S/C11H7ClN2O2S/c12-7-3-1-6(2-4-7)9(15)5-8-10(16)14-11(17)13-8/h1-5H,(H2,13,14,16,17)/b8-5-. The van der Waals surface area contributed by atoms with Crippen LogP contribution in [-0.2, 0) is 4.79 Å². The number of halogens is 1. The molecule has 1 fully saturated rings. The van der Waals surface area contributed by atoms with Crippen molar-refractivity contribution >= 4 is 40.6 Å². The summed E-state index contributed by atoms with van der Waals surface area (Å²) in [5.41, 5.74) is 0.601. The zero-order valence-electron chi connectivity index (χ0n) is 8.49. The largest absolute Gasteiger partial charge is 0.328 e. The van der Waals surface area contributed by atoms with Crippen LogP contribution in [0.1, 0.15) is 10.4 Å². The number of ketones is 1. The quantitative estimate of drug-likeness (QED) is 0.483. The van der Waals surface area contributed by atoms with Gasteiger partial charge in [0.1, 0.15) is 5.70 Å². The van der Waals surface area contributed by atoms with Gasteiger partial charge in [0.25, 0.3) is 5.91 Å². The van der Waals surface area contributed by atoms with Crippen LogP contribution in [0.2, 0.25) is 5.02 Å². The smallest absolute Gasteiger partial charge is 0.274 e. The van der Waals surface area contributed by atoms with Crippen LogP contribution >= 0.6 is 23.8 Å². The maximum Gasteiger partial charge on any atom is 0.274 e. The van der Waals surface area contributed by atoms with Crippen LogP contribution in [0.4, 0.5) is 0 Å². The Bertz CT molecular complexity index is 537. The Balaban J connectivity index is 2.22. The number of thiocarbonyl (C=S) groups is 1. The molecule has 0 atom stereocenters. The Morgan fingerprint density at radius 1 is 1.24 bits per heavy atom. The molecule has 1 amide bonds. The predicted octanol–water partition coefficient (Wildman–Crippen LogP) is 1.41. The van der Waals surface area contributed by atoms with Gasteiger partial charge in [0.15, 0.2) is 10.9 Å².